The zero-order chi connectivity index (χ0) is 28.5. The van der Waals surface area contributed by atoms with Gasteiger partial charge in [0.1, 0.15) is 11.6 Å². The van der Waals surface area contributed by atoms with Gasteiger partial charge >= 0.3 is 0 Å². The Hall–Kier alpha value is -1.85. The zero-order valence-electron chi connectivity index (χ0n) is 25.9. The van der Waals surface area contributed by atoms with Crippen LogP contribution in [0.15, 0.2) is 30.5 Å². The van der Waals surface area contributed by atoms with E-state index in [1.165, 1.54) is 63.1 Å². The number of methoxy groups -OCH3 is 1. The number of H-pyrrole nitrogens is 1. The Morgan fingerprint density at radius 1 is 1.05 bits per heavy atom. The van der Waals surface area contributed by atoms with Gasteiger partial charge in [-0.05, 0) is 75.3 Å². The topological polar surface area (TPSA) is 37.5 Å². The Morgan fingerprint density at radius 3 is 2.51 bits per heavy atom. The van der Waals surface area contributed by atoms with E-state index >= 15 is 0 Å². The second kappa shape index (κ2) is 14.7. The molecule has 0 spiro atoms. The summed E-state index contributed by atoms with van der Waals surface area (Å²) in [6, 6.07) is 6.85. The van der Waals surface area contributed by atoms with Crippen LogP contribution >= 0.6 is 0 Å². The summed E-state index contributed by atoms with van der Waals surface area (Å²) in [6.07, 6.45) is 13.6. The number of unbranched alkanes of at least 4 members (excludes halogenated alkanes) is 5. The smallest absolute Gasteiger partial charge is 0.126 e. The molecule has 1 aromatic carbocycles. The standard InChI is InChI=1S/C34H55FN2O2/c1-8-9-10-11-12-13-16-32(33(2,3)4)34(5,6)39-21-20-37-19-14-15-26(25-37)30-22-27(24-36-30)29-23-28(35)17-18-31(29)38-7/h17-18,22-24,26,32,36H,8-16,19-21,25H2,1-7H3. The number of halogens is 1. The van der Waals surface area contributed by atoms with E-state index in [0.29, 0.717) is 17.6 Å². The van der Waals surface area contributed by atoms with E-state index in [1.54, 1.807) is 19.2 Å². The quantitative estimate of drug-likeness (QED) is 0.228. The van der Waals surface area contributed by atoms with Gasteiger partial charge in [0.25, 0.3) is 0 Å². The van der Waals surface area contributed by atoms with E-state index < -0.39 is 0 Å². The first-order valence-electron chi connectivity index (χ1n) is 15.4. The lowest BCUT2D eigenvalue weighted by atomic mass is 9.69. The summed E-state index contributed by atoms with van der Waals surface area (Å²) >= 11 is 0. The molecular weight excluding hydrogens is 487 g/mol. The minimum absolute atomic E-state index is 0.144. The summed E-state index contributed by atoms with van der Waals surface area (Å²) in [7, 11) is 1.63. The Balaban J connectivity index is 1.53. The average molecular weight is 543 g/mol. The molecule has 4 nitrogen and oxygen atoms in total. The van der Waals surface area contributed by atoms with Gasteiger partial charge < -0.3 is 19.4 Å². The van der Waals surface area contributed by atoms with Gasteiger partial charge in [0.15, 0.2) is 0 Å². The van der Waals surface area contributed by atoms with E-state index in [-0.39, 0.29) is 16.8 Å². The number of aromatic amines is 1. The number of piperidine rings is 1. The Labute approximate surface area is 238 Å². The van der Waals surface area contributed by atoms with Crippen molar-refractivity contribution < 1.29 is 13.9 Å². The van der Waals surface area contributed by atoms with Crippen LogP contribution in [0.5, 0.6) is 5.75 Å². The molecule has 5 heteroatoms. The number of rotatable bonds is 15. The molecule has 1 aliphatic heterocycles. The van der Waals surface area contributed by atoms with Crippen molar-refractivity contribution >= 4 is 0 Å². The maximum absolute atomic E-state index is 13.9. The van der Waals surface area contributed by atoms with Crippen LogP contribution < -0.4 is 4.74 Å². The molecule has 220 valence electrons. The summed E-state index contributed by atoms with van der Waals surface area (Å²) in [5.41, 5.74) is 3.06. The Bertz CT molecular complexity index is 993. The van der Waals surface area contributed by atoms with Gasteiger partial charge in [-0.15, -0.1) is 0 Å². The Kier molecular flexibility index (Phi) is 11.9. The number of hydrogen-bond donors (Lipinski definition) is 1. The molecule has 0 amide bonds. The van der Waals surface area contributed by atoms with Crippen LogP contribution in [-0.4, -0.2) is 48.8 Å². The Morgan fingerprint density at radius 2 is 1.79 bits per heavy atom. The third-order valence-electron chi connectivity index (χ3n) is 8.74. The highest BCUT2D eigenvalue weighted by atomic mass is 19.1. The van der Waals surface area contributed by atoms with Crippen molar-refractivity contribution in [3.05, 3.63) is 42.0 Å². The van der Waals surface area contributed by atoms with Gasteiger partial charge in [-0.1, -0.05) is 66.2 Å². The zero-order valence-corrected chi connectivity index (χ0v) is 25.9. The van der Waals surface area contributed by atoms with E-state index in [2.05, 4.69) is 57.5 Å². The molecule has 1 aromatic heterocycles. The van der Waals surface area contributed by atoms with Crippen molar-refractivity contribution in [1.82, 2.24) is 9.88 Å². The summed E-state index contributed by atoms with van der Waals surface area (Å²) in [6.45, 7) is 17.9. The lowest BCUT2D eigenvalue weighted by molar-refractivity contribution is -0.100. The minimum atomic E-state index is -0.249. The van der Waals surface area contributed by atoms with Crippen LogP contribution in [0.25, 0.3) is 11.1 Å². The molecule has 2 unspecified atom stereocenters. The maximum atomic E-state index is 13.9. The molecule has 2 heterocycles. The van der Waals surface area contributed by atoms with Crippen molar-refractivity contribution in [1.29, 1.82) is 0 Å². The van der Waals surface area contributed by atoms with E-state index in [0.717, 1.165) is 43.8 Å². The molecule has 0 bridgehead atoms. The van der Waals surface area contributed by atoms with Crippen molar-refractivity contribution in [3.8, 4) is 16.9 Å². The van der Waals surface area contributed by atoms with Gasteiger partial charge in [0.2, 0.25) is 0 Å². The first kappa shape index (κ1) is 31.7. The molecule has 1 fully saturated rings. The molecule has 2 atom stereocenters. The van der Waals surface area contributed by atoms with Crippen LogP contribution in [0, 0.1) is 17.2 Å². The first-order valence-corrected chi connectivity index (χ1v) is 15.4. The molecule has 1 N–H and O–H groups in total. The highest BCUT2D eigenvalue weighted by molar-refractivity contribution is 5.70. The van der Waals surface area contributed by atoms with Crippen LogP contribution in [0.3, 0.4) is 0 Å². The highest BCUT2D eigenvalue weighted by Gasteiger charge is 2.38. The van der Waals surface area contributed by atoms with Crippen molar-refractivity contribution in [2.45, 2.75) is 111 Å². The van der Waals surface area contributed by atoms with Crippen LogP contribution in [0.2, 0.25) is 0 Å². The molecule has 3 rings (SSSR count). The third-order valence-corrected chi connectivity index (χ3v) is 8.74. The highest BCUT2D eigenvalue weighted by Crippen LogP contribution is 2.40. The predicted molar refractivity (Wildman–Crippen MR) is 162 cm³/mol. The van der Waals surface area contributed by atoms with Crippen molar-refractivity contribution in [2.24, 2.45) is 11.3 Å². The van der Waals surface area contributed by atoms with Gasteiger partial charge in [-0.25, -0.2) is 4.39 Å². The molecule has 1 aliphatic rings. The second-order valence-electron chi connectivity index (χ2n) is 13.3. The molecular formula is C34H55FN2O2. The number of nitrogens with zero attached hydrogens (tertiary/aromatic N) is 1. The molecule has 39 heavy (non-hydrogen) atoms. The van der Waals surface area contributed by atoms with Gasteiger partial charge in [-0.3, -0.25) is 0 Å². The lowest BCUT2D eigenvalue weighted by Crippen LogP contribution is -2.44. The summed E-state index contributed by atoms with van der Waals surface area (Å²) in [5.74, 6) is 1.41. The maximum Gasteiger partial charge on any atom is 0.126 e. The minimum Gasteiger partial charge on any atom is -0.496 e. The van der Waals surface area contributed by atoms with Gasteiger partial charge in [-0.2, -0.15) is 0 Å². The lowest BCUT2D eigenvalue weighted by Gasteiger charge is -2.43. The normalized spacial score (nSPS) is 17.9. The van der Waals surface area contributed by atoms with E-state index in [4.69, 9.17) is 9.47 Å². The van der Waals surface area contributed by atoms with E-state index in [9.17, 15) is 4.39 Å². The fourth-order valence-electron chi connectivity index (χ4n) is 6.71. The van der Waals surface area contributed by atoms with Crippen molar-refractivity contribution in [2.75, 3.05) is 33.4 Å². The van der Waals surface area contributed by atoms with Gasteiger partial charge in [0.05, 0.1) is 19.3 Å². The number of ether oxygens (including phenoxy) is 2. The predicted octanol–water partition coefficient (Wildman–Crippen LogP) is 9.22. The summed E-state index contributed by atoms with van der Waals surface area (Å²) < 4.78 is 26.1. The van der Waals surface area contributed by atoms with Crippen LogP contribution in [0.1, 0.15) is 111 Å². The number of likely N-dealkylation sites (tertiary alicyclic amines) is 1. The largest absolute Gasteiger partial charge is 0.496 e. The average Bonchev–Trinajstić information content (AvgIpc) is 3.38. The second-order valence-corrected chi connectivity index (χ2v) is 13.3. The molecule has 1 saturated heterocycles. The molecule has 2 aromatic rings. The fraction of sp³-hybridized carbons (Fsp3) is 0.706. The monoisotopic (exact) mass is 542 g/mol. The summed E-state index contributed by atoms with van der Waals surface area (Å²) in [5, 5.41) is 0. The number of aromatic nitrogens is 1. The number of benzene rings is 1. The fourth-order valence-corrected chi connectivity index (χ4v) is 6.71. The molecule has 0 saturated carbocycles. The molecule has 0 aliphatic carbocycles. The van der Waals surface area contributed by atoms with Crippen LogP contribution in [-0.2, 0) is 4.74 Å². The molecule has 0 radical (unpaired) electrons. The number of nitrogens with one attached hydrogen (secondary N) is 1. The van der Waals surface area contributed by atoms with E-state index in [1.807, 2.05) is 6.20 Å². The summed E-state index contributed by atoms with van der Waals surface area (Å²) in [4.78, 5) is 6.03. The SMILES string of the molecule is CCCCCCCCC(C(C)(C)C)C(C)(C)OCCN1CCCC(c2cc(-c3cc(F)ccc3OC)c[nH]2)C1. The third kappa shape index (κ3) is 9.35. The first-order chi connectivity index (χ1) is 18.5. The number of hydrogen-bond acceptors (Lipinski definition) is 3. The van der Waals surface area contributed by atoms with Crippen molar-refractivity contribution in [3.63, 3.8) is 0 Å². The van der Waals surface area contributed by atoms with Crippen LogP contribution in [0.4, 0.5) is 4.39 Å². The van der Waals surface area contributed by atoms with Gasteiger partial charge in [0, 0.05) is 42.0 Å².